The van der Waals surface area contributed by atoms with Crippen molar-refractivity contribution in [3.8, 4) is 12.3 Å². The normalized spacial score (nSPS) is 18.1. The fourth-order valence-corrected chi connectivity index (χ4v) is 1.91. The molecule has 1 aromatic carbocycles. The zero-order chi connectivity index (χ0) is 10.8. The van der Waals surface area contributed by atoms with Crippen molar-refractivity contribution in [3.63, 3.8) is 0 Å². The number of carbonyl (C=O) groups excluding carboxylic acids is 1. The van der Waals surface area contributed by atoms with Crippen LogP contribution >= 0.6 is 11.6 Å². The Kier molecular flexibility index (Phi) is 2.63. The first-order valence-electron chi connectivity index (χ1n) is 4.50. The van der Waals surface area contributed by atoms with E-state index in [1.165, 1.54) is 0 Å². The molecular weight excluding hydrogens is 212 g/mol. The lowest BCUT2D eigenvalue weighted by Crippen LogP contribution is -2.27. The second kappa shape index (κ2) is 3.93. The summed E-state index contributed by atoms with van der Waals surface area (Å²) in [5, 5.41) is 6.26. The average molecular weight is 221 g/mol. The number of halogens is 1. The summed E-state index contributed by atoms with van der Waals surface area (Å²) < 4.78 is 0. The topological polar surface area (TPSA) is 41.1 Å². The van der Waals surface area contributed by atoms with Gasteiger partial charge in [-0.25, -0.2) is 0 Å². The predicted molar refractivity (Wildman–Crippen MR) is 59.7 cm³/mol. The maximum Gasteiger partial charge on any atom is 0.246 e. The van der Waals surface area contributed by atoms with Gasteiger partial charge in [0.05, 0.1) is 6.54 Å². The standard InChI is InChI=1S/C11H9ClN2O/c1-2-6-13-10-9-7(12)4-3-5-8(9)14-11(10)15/h1,3-5,10,13H,6H2,(H,14,15). The summed E-state index contributed by atoms with van der Waals surface area (Å²) in [6, 6.07) is 4.93. The van der Waals surface area contributed by atoms with Gasteiger partial charge in [-0.2, -0.15) is 0 Å². The fraction of sp³-hybridized carbons (Fsp3) is 0.182. The van der Waals surface area contributed by atoms with Crippen molar-refractivity contribution in [1.82, 2.24) is 5.32 Å². The molecule has 0 saturated heterocycles. The van der Waals surface area contributed by atoms with Crippen molar-refractivity contribution in [2.24, 2.45) is 0 Å². The van der Waals surface area contributed by atoms with Crippen LogP contribution in [-0.2, 0) is 4.79 Å². The molecule has 0 saturated carbocycles. The van der Waals surface area contributed by atoms with E-state index in [-0.39, 0.29) is 5.91 Å². The molecule has 2 rings (SSSR count). The largest absolute Gasteiger partial charge is 0.324 e. The van der Waals surface area contributed by atoms with Gasteiger partial charge in [0.1, 0.15) is 6.04 Å². The van der Waals surface area contributed by atoms with Crippen molar-refractivity contribution in [3.05, 3.63) is 28.8 Å². The van der Waals surface area contributed by atoms with Crippen molar-refractivity contribution in [2.45, 2.75) is 6.04 Å². The highest BCUT2D eigenvalue weighted by Crippen LogP contribution is 2.35. The van der Waals surface area contributed by atoms with Gasteiger partial charge in [0, 0.05) is 16.3 Å². The summed E-state index contributed by atoms with van der Waals surface area (Å²) in [6.07, 6.45) is 5.13. The molecule has 0 fully saturated rings. The molecule has 76 valence electrons. The van der Waals surface area contributed by atoms with E-state index in [1.807, 2.05) is 6.07 Å². The van der Waals surface area contributed by atoms with E-state index in [0.29, 0.717) is 11.6 Å². The smallest absolute Gasteiger partial charge is 0.246 e. The van der Waals surface area contributed by atoms with Gasteiger partial charge in [-0.1, -0.05) is 23.6 Å². The number of carbonyl (C=O) groups is 1. The highest BCUT2D eigenvalue weighted by Gasteiger charge is 2.31. The van der Waals surface area contributed by atoms with Crippen molar-refractivity contribution >= 4 is 23.2 Å². The van der Waals surface area contributed by atoms with Crippen LogP contribution in [-0.4, -0.2) is 12.5 Å². The Bertz CT molecular complexity index is 450. The second-order valence-electron chi connectivity index (χ2n) is 3.21. The van der Waals surface area contributed by atoms with Gasteiger partial charge >= 0.3 is 0 Å². The Hall–Kier alpha value is -1.50. The van der Waals surface area contributed by atoms with E-state index in [2.05, 4.69) is 16.6 Å². The van der Waals surface area contributed by atoms with Gasteiger partial charge < -0.3 is 5.32 Å². The van der Waals surface area contributed by atoms with E-state index < -0.39 is 6.04 Å². The molecule has 0 aromatic heterocycles. The summed E-state index contributed by atoms with van der Waals surface area (Å²) in [6.45, 7) is 0.336. The molecule has 2 N–H and O–H groups in total. The Morgan fingerprint density at radius 2 is 2.40 bits per heavy atom. The Morgan fingerprint density at radius 3 is 3.13 bits per heavy atom. The van der Waals surface area contributed by atoms with Gasteiger partial charge in [-0.15, -0.1) is 6.42 Å². The molecule has 1 atom stereocenters. The zero-order valence-corrected chi connectivity index (χ0v) is 8.64. The number of terminal acetylenes is 1. The van der Waals surface area contributed by atoms with E-state index in [9.17, 15) is 4.79 Å². The van der Waals surface area contributed by atoms with Crippen molar-refractivity contribution in [1.29, 1.82) is 0 Å². The number of rotatable bonds is 2. The van der Waals surface area contributed by atoms with Crippen LogP contribution in [0.3, 0.4) is 0 Å². The first kappa shape index (κ1) is 10.0. The Balaban J connectivity index is 2.36. The third-order valence-corrected chi connectivity index (χ3v) is 2.60. The van der Waals surface area contributed by atoms with E-state index in [4.69, 9.17) is 18.0 Å². The molecule has 3 nitrogen and oxygen atoms in total. The summed E-state index contributed by atoms with van der Waals surface area (Å²) in [4.78, 5) is 11.6. The molecule has 0 aliphatic carbocycles. The Morgan fingerprint density at radius 1 is 1.60 bits per heavy atom. The molecule has 1 aliphatic heterocycles. The van der Waals surface area contributed by atoms with Crippen LogP contribution in [0.2, 0.25) is 5.02 Å². The van der Waals surface area contributed by atoms with Crippen LogP contribution in [0.1, 0.15) is 11.6 Å². The number of nitrogens with one attached hydrogen (secondary N) is 2. The Labute approximate surface area is 92.8 Å². The van der Waals surface area contributed by atoms with Gasteiger partial charge in [0.2, 0.25) is 5.91 Å². The predicted octanol–water partition coefficient (Wildman–Crippen LogP) is 1.56. The molecule has 1 unspecified atom stereocenters. The second-order valence-corrected chi connectivity index (χ2v) is 3.62. The molecule has 1 aliphatic rings. The molecule has 1 amide bonds. The van der Waals surface area contributed by atoms with E-state index in [1.54, 1.807) is 12.1 Å². The highest BCUT2D eigenvalue weighted by atomic mass is 35.5. The third kappa shape index (κ3) is 1.70. The molecule has 4 heteroatoms. The summed E-state index contributed by atoms with van der Waals surface area (Å²) in [7, 11) is 0. The van der Waals surface area contributed by atoms with Gasteiger partial charge in [-0.05, 0) is 12.1 Å². The molecular formula is C11H9ClN2O. The highest BCUT2D eigenvalue weighted by molar-refractivity contribution is 6.32. The fourth-order valence-electron chi connectivity index (χ4n) is 1.63. The van der Waals surface area contributed by atoms with Gasteiger partial charge in [0.25, 0.3) is 0 Å². The van der Waals surface area contributed by atoms with Crippen LogP contribution in [0.25, 0.3) is 0 Å². The number of amides is 1. The van der Waals surface area contributed by atoms with Crippen LogP contribution in [0.5, 0.6) is 0 Å². The number of hydrogen-bond donors (Lipinski definition) is 2. The summed E-state index contributed by atoms with van der Waals surface area (Å²) >= 11 is 6.02. The first-order valence-corrected chi connectivity index (χ1v) is 4.88. The number of benzene rings is 1. The maximum atomic E-state index is 11.6. The monoisotopic (exact) mass is 220 g/mol. The minimum atomic E-state index is -0.440. The van der Waals surface area contributed by atoms with E-state index >= 15 is 0 Å². The molecule has 0 bridgehead atoms. The lowest BCUT2D eigenvalue weighted by Gasteiger charge is -2.09. The molecule has 0 radical (unpaired) electrons. The van der Waals surface area contributed by atoms with Crippen LogP contribution in [0, 0.1) is 12.3 Å². The van der Waals surface area contributed by atoms with Gasteiger partial charge in [-0.3, -0.25) is 10.1 Å². The minimum Gasteiger partial charge on any atom is -0.324 e. The molecule has 1 aromatic rings. The summed E-state index contributed by atoms with van der Waals surface area (Å²) in [5.41, 5.74) is 1.53. The third-order valence-electron chi connectivity index (χ3n) is 2.27. The van der Waals surface area contributed by atoms with E-state index in [0.717, 1.165) is 11.3 Å². The first-order chi connectivity index (χ1) is 7.24. The van der Waals surface area contributed by atoms with Crippen LogP contribution in [0.4, 0.5) is 5.69 Å². The van der Waals surface area contributed by atoms with Crippen LogP contribution in [0.15, 0.2) is 18.2 Å². The molecule has 0 spiro atoms. The SMILES string of the molecule is C#CCNC1C(=O)Nc2cccc(Cl)c21. The maximum absolute atomic E-state index is 11.6. The lowest BCUT2D eigenvalue weighted by atomic mass is 10.1. The van der Waals surface area contributed by atoms with Gasteiger partial charge in [0.15, 0.2) is 0 Å². The number of fused-ring (bicyclic) bond motifs is 1. The molecule has 1 heterocycles. The minimum absolute atomic E-state index is 0.117. The molecule has 15 heavy (non-hydrogen) atoms. The number of hydrogen-bond acceptors (Lipinski definition) is 2. The lowest BCUT2D eigenvalue weighted by molar-refractivity contribution is -0.117. The van der Waals surface area contributed by atoms with Crippen molar-refractivity contribution < 1.29 is 4.79 Å². The zero-order valence-electron chi connectivity index (χ0n) is 7.88. The quantitative estimate of drug-likeness (QED) is 0.743. The van der Waals surface area contributed by atoms with Crippen molar-refractivity contribution in [2.75, 3.05) is 11.9 Å². The average Bonchev–Trinajstić information content (AvgIpc) is 2.53. The summed E-state index contributed by atoms with van der Waals surface area (Å²) in [5.74, 6) is 2.31. The number of anilines is 1. The van der Waals surface area contributed by atoms with Crippen LogP contribution < -0.4 is 10.6 Å².